The Kier molecular flexibility index (Phi) is 11.9. The van der Waals surface area contributed by atoms with Gasteiger partial charge in [-0.25, -0.2) is 0 Å². The van der Waals surface area contributed by atoms with Gasteiger partial charge in [0.2, 0.25) is 0 Å². The van der Waals surface area contributed by atoms with E-state index in [4.69, 9.17) is 9.47 Å². The lowest BCUT2D eigenvalue weighted by atomic mass is 9.84. The average Bonchev–Trinajstić information content (AvgIpc) is 2.67. The third-order valence-electron chi connectivity index (χ3n) is 5.09. The van der Waals surface area contributed by atoms with Gasteiger partial charge in [0.05, 0.1) is 6.10 Å². The van der Waals surface area contributed by atoms with Gasteiger partial charge in [-0.15, -0.1) is 24.0 Å². The van der Waals surface area contributed by atoms with Gasteiger partial charge in [-0.05, 0) is 37.0 Å². The van der Waals surface area contributed by atoms with E-state index in [9.17, 15) is 0 Å². The molecule has 0 radical (unpaired) electrons. The minimum absolute atomic E-state index is 0. The lowest BCUT2D eigenvalue weighted by Crippen LogP contribution is -2.49. The van der Waals surface area contributed by atoms with Crippen LogP contribution >= 0.6 is 39.9 Å². The SMILES string of the molecule is CN=C(NCC(C)(C)c1cccc(Br)c1)N1CCC(OCCCOC)CC1.I. The van der Waals surface area contributed by atoms with Crippen molar-refractivity contribution in [3.63, 3.8) is 0 Å². The van der Waals surface area contributed by atoms with Crippen LogP contribution in [0.25, 0.3) is 0 Å². The molecule has 1 aromatic rings. The second kappa shape index (κ2) is 13.0. The third-order valence-corrected chi connectivity index (χ3v) is 5.59. The molecule has 0 saturated carbocycles. The van der Waals surface area contributed by atoms with Gasteiger partial charge in [0.25, 0.3) is 0 Å². The lowest BCUT2D eigenvalue weighted by molar-refractivity contribution is 0.00987. The molecule has 1 heterocycles. The lowest BCUT2D eigenvalue weighted by Gasteiger charge is -2.35. The summed E-state index contributed by atoms with van der Waals surface area (Å²) in [6.07, 6.45) is 3.41. The van der Waals surface area contributed by atoms with Crippen LogP contribution in [0.3, 0.4) is 0 Å². The summed E-state index contributed by atoms with van der Waals surface area (Å²) in [6.45, 7) is 8.86. The molecular weight excluding hydrogens is 533 g/mol. The number of guanidine groups is 1. The zero-order chi connectivity index (χ0) is 19.7. The van der Waals surface area contributed by atoms with Gasteiger partial charge < -0.3 is 19.7 Å². The minimum atomic E-state index is 0. The molecule has 2 rings (SSSR count). The molecule has 1 saturated heterocycles. The standard InChI is InChI=1S/C21H34BrN3O2.HI/c1-21(2,17-7-5-8-18(22)15-17)16-24-20(23-3)25-11-9-19(10-12-25)27-14-6-13-26-4;/h5,7-8,15,19H,6,9-14,16H2,1-4H3,(H,23,24);1H. The van der Waals surface area contributed by atoms with Gasteiger partial charge >= 0.3 is 0 Å². The highest BCUT2D eigenvalue weighted by Crippen LogP contribution is 2.25. The topological polar surface area (TPSA) is 46.1 Å². The first-order valence-electron chi connectivity index (χ1n) is 9.78. The van der Waals surface area contributed by atoms with Crippen LogP contribution in [0.4, 0.5) is 0 Å². The van der Waals surface area contributed by atoms with Crippen molar-refractivity contribution in [1.82, 2.24) is 10.2 Å². The summed E-state index contributed by atoms with van der Waals surface area (Å²) in [7, 11) is 3.59. The van der Waals surface area contributed by atoms with Gasteiger partial charge in [-0.2, -0.15) is 0 Å². The number of hydrogen-bond donors (Lipinski definition) is 1. The Labute approximate surface area is 195 Å². The Morgan fingerprint density at radius 2 is 2.00 bits per heavy atom. The number of nitrogens with one attached hydrogen (secondary N) is 1. The van der Waals surface area contributed by atoms with E-state index >= 15 is 0 Å². The zero-order valence-corrected chi connectivity index (χ0v) is 21.5. The van der Waals surface area contributed by atoms with E-state index in [2.05, 4.69) is 69.3 Å². The fraction of sp³-hybridized carbons (Fsp3) is 0.667. The van der Waals surface area contributed by atoms with Crippen molar-refractivity contribution < 1.29 is 9.47 Å². The Balaban J connectivity index is 0.00000392. The number of aliphatic imine (C=N–C) groups is 1. The van der Waals surface area contributed by atoms with Gasteiger partial charge in [-0.1, -0.05) is 41.9 Å². The Morgan fingerprint density at radius 1 is 1.29 bits per heavy atom. The van der Waals surface area contributed by atoms with E-state index in [1.807, 2.05) is 7.05 Å². The monoisotopic (exact) mass is 567 g/mol. The normalized spacial score (nSPS) is 16.0. The van der Waals surface area contributed by atoms with Crippen LogP contribution in [0.1, 0.15) is 38.7 Å². The summed E-state index contributed by atoms with van der Waals surface area (Å²) < 4.78 is 12.1. The van der Waals surface area contributed by atoms with Crippen molar-refractivity contribution in [3.8, 4) is 0 Å². The van der Waals surface area contributed by atoms with Gasteiger partial charge in [-0.3, -0.25) is 4.99 Å². The maximum Gasteiger partial charge on any atom is 0.193 e. The van der Waals surface area contributed by atoms with E-state index in [-0.39, 0.29) is 29.4 Å². The molecule has 1 N–H and O–H groups in total. The molecule has 1 fully saturated rings. The number of piperidine rings is 1. The number of ether oxygens (including phenoxy) is 2. The largest absolute Gasteiger partial charge is 0.385 e. The maximum absolute atomic E-state index is 5.96. The quantitative estimate of drug-likeness (QED) is 0.218. The minimum Gasteiger partial charge on any atom is -0.385 e. The molecular formula is C21H35BrIN3O2. The molecule has 1 aromatic carbocycles. The van der Waals surface area contributed by atoms with Crippen molar-refractivity contribution in [1.29, 1.82) is 0 Å². The van der Waals surface area contributed by atoms with Gasteiger partial charge in [0, 0.05) is 56.9 Å². The molecule has 0 aromatic heterocycles. The second-order valence-corrected chi connectivity index (χ2v) is 8.61. The molecule has 160 valence electrons. The molecule has 0 aliphatic carbocycles. The van der Waals surface area contributed by atoms with Crippen LogP contribution in [0.2, 0.25) is 0 Å². The zero-order valence-electron chi connectivity index (χ0n) is 17.5. The first-order chi connectivity index (χ1) is 13.0. The third kappa shape index (κ3) is 8.16. The Hall–Kier alpha value is -0.380. The maximum atomic E-state index is 5.96. The second-order valence-electron chi connectivity index (χ2n) is 7.70. The molecule has 0 amide bonds. The Morgan fingerprint density at radius 3 is 2.61 bits per heavy atom. The van der Waals surface area contributed by atoms with E-state index in [1.54, 1.807) is 7.11 Å². The molecule has 0 unspecified atom stereocenters. The van der Waals surface area contributed by atoms with E-state index in [0.717, 1.165) is 62.5 Å². The van der Waals surface area contributed by atoms with E-state index in [0.29, 0.717) is 6.10 Å². The molecule has 28 heavy (non-hydrogen) atoms. The summed E-state index contributed by atoms with van der Waals surface area (Å²) in [6, 6.07) is 8.53. The predicted octanol–water partition coefficient (Wildman–Crippen LogP) is 4.44. The molecule has 0 atom stereocenters. The molecule has 0 bridgehead atoms. The smallest absolute Gasteiger partial charge is 0.193 e. The van der Waals surface area contributed by atoms with Crippen LogP contribution in [-0.4, -0.2) is 64.0 Å². The van der Waals surface area contributed by atoms with Crippen LogP contribution in [0.5, 0.6) is 0 Å². The molecule has 1 aliphatic rings. The molecule has 5 nitrogen and oxygen atoms in total. The summed E-state index contributed by atoms with van der Waals surface area (Å²) >= 11 is 3.57. The van der Waals surface area contributed by atoms with Crippen LogP contribution in [0.15, 0.2) is 33.7 Å². The molecule has 1 aliphatic heterocycles. The van der Waals surface area contributed by atoms with Crippen molar-refractivity contribution in [2.45, 2.75) is 44.6 Å². The highest BCUT2D eigenvalue weighted by Gasteiger charge is 2.25. The molecule has 7 heteroatoms. The van der Waals surface area contributed by atoms with Crippen LogP contribution in [-0.2, 0) is 14.9 Å². The van der Waals surface area contributed by atoms with Crippen molar-refractivity contribution >= 4 is 45.9 Å². The van der Waals surface area contributed by atoms with Crippen molar-refractivity contribution in [2.75, 3.05) is 47.0 Å². The highest BCUT2D eigenvalue weighted by atomic mass is 127. The molecule has 0 spiro atoms. The van der Waals surface area contributed by atoms with Gasteiger partial charge in [0.15, 0.2) is 5.96 Å². The summed E-state index contributed by atoms with van der Waals surface area (Å²) in [4.78, 5) is 6.84. The first kappa shape index (κ1) is 25.7. The number of benzene rings is 1. The van der Waals surface area contributed by atoms with Crippen LogP contribution in [0, 0.1) is 0 Å². The average molecular weight is 568 g/mol. The number of methoxy groups -OCH3 is 1. The summed E-state index contributed by atoms with van der Waals surface area (Å²) in [5.41, 5.74) is 1.32. The fourth-order valence-corrected chi connectivity index (χ4v) is 3.73. The summed E-state index contributed by atoms with van der Waals surface area (Å²) in [5.74, 6) is 0.982. The number of hydrogen-bond acceptors (Lipinski definition) is 3. The van der Waals surface area contributed by atoms with E-state index in [1.165, 1.54) is 5.56 Å². The van der Waals surface area contributed by atoms with Crippen LogP contribution < -0.4 is 5.32 Å². The number of rotatable bonds is 8. The Bertz CT molecular complexity index is 605. The van der Waals surface area contributed by atoms with Crippen molar-refractivity contribution in [2.24, 2.45) is 4.99 Å². The van der Waals surface area contributed by atoms with Crippen molar-refractivity contribution in [3.05, 3.63) is 34.3 Å². The van der Waals surface area contributed by atoms with Gasteiger partial charge in [0.1, 0.15) is 0 Å². The number of nitrogens with zero attached hydrogens (tertiary/aromatic N) is 2. The first-order valence-corrected chi connectivity index (χ1v) is 10.6. The number of likely N-dealkylation sites (tertiary alicyclic amines) is 1. The number of halogens is 2. The predicted molar refractivity (Wildman–Crippen MR) is 131 cm³/mol. The van der Waals surface area contributed by atoms with E-state index < -0.39 is 0 Å². The fourth-order valence-electron chi connectivity index (χ4n) is 3.33. The summed E-state index contributed by atoms with van der Waals surface area (Å²) in [5, 5.41) is 3.58. The highest BCUT2D eigenvalue weighted by molar-refractivity contribution is 14.0.